The van der Waals surface area contributed by atoms with Gasteiger partial charge in [0.05, 0.1) is 17.9 Å². The molecule has 1 saturated heterocycles. The molecule has 1 aromatic carbocycles. The van der Waals surface area contributed by atoms with Crippen LogP contribution in [0.1, 0.15) is 24.0 Å². The van der Waals surface area contributed by atoms with Crippen LogP contribution in [-0.4, -0.2) is 29.9 Å². The molecule has 0 radical (unpaired) electrons. The number of alkyl halides is 3. The lowest BCUT2D eigenvalue weighted by Crippen LogP contribution is -2.49. The minimum atomic E-state index is -4.53. The zero-order valence-corrected chi connectivity index (χ0v) is 16.6. The number of amides is 2. The highest BCUT2D eigenvalue weighted by Crippen LogP contribution is 2.36. The predicted molar refractivity (Wildman–Crippen MR) is 106 cm³/mol. The van der Waals surface area contributed by atoms with Crippen LogP contribution in [0.2, 0.25) is 5.02 Å². The number of benzene rings is 1. The number of pyridine rings is 1. The maximum atomic E-state index is 13.3. The first-order chi connectivity index (χ1) is 14.2. The van der Waals surface area contributed by atoms with Crippen molar-refractivity contribution in [3.05, 3.63) is 58.7 Å². The number of hydrogen-bond acceptors (Lipinski definition) is 4. The van der Waals surface area contributed by atoms with Gasteiger partial charge in [-0.2, -0.15) is 13.2 Å². The largest absolute Gasteiger partial charge is 0.419 e. The van der Waals surface area contributed by atoms with Crippen LogP contribution in [0, 0.1) is 5.92 Å². The summed E-state index contributed by atoms with van der Waals surface area (Å²) < 4.78 is 39.8. The number of piperidine rings is 1. The molecular formula is C20H20ClF3N4O2. The molecule has 0 saturated carbocycles. The fourth-order valence-electron chi connectivity index (χ4n) is 3.32. The maximum Gasteiger partial charge on any atom is 0.419 e. The second-order valence-electron chi connectivity index (χ2n) is 7.00. The number of halogens is 4. The first-order valence-electron chi connectivity index (χ1n) is 9.34. The molecule has 1 unspecified atom stereocenters. The van der Waals surface area contributed by atoms with Crippen LogP contribution in [0.15, 0.2) is 42.6 Å². The standard InChI is InChI=1S/C20H20ClF3N4O2/c21-15-7-5-13(6-8-15)11-17(29)26-27-19(30)14-3-2-10-28(12-14)18-16(20(22,23)24)4-1-9-25-18/h1,4-9,14H,2-3,10-12H2,(H,26,29)(H,27,30). The van der Waals surface area contributed by atoms with Gasteiger partial charge in [-0.1, -0.05) is 23.7 Å². The highest BCUT2D eigenvalue weighted by atomic mass is 35.5. The molecule has 0 bridgehead atoms. The van der Waals surface area contributed by atoms with E-state index >= 15 is 0 Å². The van der Waals surface area contributed by atoms with Crippen molar-refractivity contribution < 1.29 is 22.8 Å². The number of hydrogen-bond donors (Lipinski definition) is 2. The SMILES string of the molecule is O=C(Cc1ccc(Cl)cc1)NNC(=O)C1CCCN(c2ncccc2C(F)(F)F)C1. The van der Waals surface area contributed by atoms with Gasteiger partial charge in [0.2, 0.25) is 11.8 Å². The van der Waals surface area contributed by atoms with Gasteiger partial charge in [-0.05, 0) is 42.7 Å². The summed E-state index contributed by atoms with van der Waals surface area (Å²) in [5.41, 5.74) is 4.61. The first-order valence-corrected chi connectivity index (χ1v) is 9.72. The Bertz CT molecular complexity index is 906. The summed E-state index contributed by atoms with van der Waals surface area (Å²) in [5, 5.41) is 0.552. The average molecular weight is 441 g/mol. The van der Waals surface area contributed by atoms with Crippen molar-refractivity contribution in [2.75, 3.05) is 18.0 Å². The molecule has 2 amide bonds. The zero-order valence-electron chi connectivity index (χ0n) is 15.9. The number of carbonyl (C=O) groups excluding carboxylic acids is 2. The molecule has 0 aliphatic carbocycles. The van der Waals surface area contributed by atoms with Gasteiger partial charge in [-0.3, -0.25) is 20.4 Å². The van der Waals surface area contributed by atoms with Gasteiger partial charge in [0, 0.05) is 24.3 Å². The van der Waals surface area contributed by atoms with Crippen molar-refractivity contribution in [2.45, 2.75) is 25.4 Å². The molecule has 2 heterocycles. The van der Waals surface area contributed by atoms with Crippen molar-refractivity contribution in [1.82, 2.24) is 15.8 Å². The van der Waals surface area contributed by atoms with Crippen molar-refractivity contribution >= 4 is 29.2 Å². The lowest BCUT2D eigenvalue weighted by Gasteiger charge is -2.34. The zero-order chi connectivity index (χ0) is 21.7. The third-order valence-electron chi connectivity index (χ3n) is 4.79. The summed E-state index contributed by atoms with van der Waals surface area (Å²) in [7, 11) is 0. The van der Waals surface area contributed by atoms with Gasteiger partial charge in [0.25, 0.3) is 0 Å². The van der Waals surface area contributed by atoms with Gasteiger partial charge in [0.15, 0.2) is 0 Å². The van der Waals surface area contributed by atoms with E-state index in [1.807, 2.05) is 0 Å². The number of nitrogens with zero attached hydrogens (tertiary/aromatic N) is 2. The molecule has 1 aromatic heterocycles. The summed E-state index contributed by atoms with van der Waals surface area (Å²) in [6.07, 6.45) is -2.15. The van der Waals surface area contributed by atoms with Crippen LogP contribution in [0.3, 0.4) is 0 Å². The van der Waals surface area contributed by atoms with Crippen LogP contribution in [-0.2, 0) is 22.2 Å². The Morgan fingerprint density at radius 3 is 2.60 bits per heavy atom. The van der Waals surface area contributed by atoms with E-state index < -0.39 is 29.5 Å². The Hall–Kier alpha value is -2.81. The molecule has 30 heavy (non-hydrogen) atoms. The minimum Gasteiger partial charge on any atom is -0.355 e. The van der Waals surface area contributed by atoms with E-state index in [4.69, 9.17) is 11.6 Å². The van der Waals surface area contributed by atoms with Gasteiger partial charge in [-0.25, -0.2) is 4.98 Å². The summed E-state index contributed by atoms with van der Waals surface area (Å²) >= 11 is 5.80. The Morgan fingerprint density at radius 2 is 1.90 bits per heavy atom. The third-order valence-corrected chi connectivity index (χ3v) is 5.04. The molecule has 160 valence electrons. The van der Waals surface area contributed by atoms with E-state index in [1.165, 1.54) is 17.2 Å². The summed E-state index contributed by atoms with van der Waals surface area (Å²) in [6, 6.07) is 8.93. The number of anilines is 1. The van der Waals surface area contributed by atoms with Crippen molar-refractivity contribution in [3.8, 4) is 0 Å². The fraction of sp³-hybridized carbons (Fsp3) is 0.350. The van der Waals surface area contributed by atoms with Gasteiger partial charge >= 0.3 is 6.18 Å². The van der Waals surface area contributed by atoms with Crippen LogP contribution in [0.4, 0.5) is 19.0 Å². The normalized spacial score (nSPS) is 16.8. The lowest BCUT2D eigenvalue weighted by molar-refractivity contribution is -0.137. The van der Waals surface area contributed by atoms with E-state index in [2.05, 4.69) is 15.8 Å². The number of rotatable bonds is 4. The van der Waals surface area contributed by atoms with Gasteiger partial charge in [-0.15, -0.1) is 0 Å². The second kappa shape index (κ2) is 9.34. The summed E-state index contributed by atoms with van der Waals surface area (Å²) in [6.45, 7) is 0.450. The Balaban J connectivity index is 1.57. The first kappa shape index (κ1) is 21.9. The Kier molecular flexibility index (Phi) is 6.81. The molecule has 1 fully saturated rings. The Labute approximate surface area is 176 Å². The number of carbonyl (C=O) groups is 2. The van der Waals surface area contributed by atoms with Crippen molar-refractivity contribution in [1.29, 1.82) is 0 Å². The maximum absolute atomic E-state index is 13.3. The predicted octanol–water partition coefficient (Wildman–Crippen LogP) is 3.36. The smallest absolute Gasteiger partial charge is 0.355 e. The van der Waals surface area contributed by atoms with E-state index in [1.54, 1.807) is 24.3 Å². The molecule has 3 rings (SSSR count). The molecule has 2 aromatic rings. The van der Waals surface area contributed by atoms with Crippen molar-refractivity contribution in [3.63, 3.8) is 0 Å². The van der Waals surface area contributed by atoms with E-state index in [-0.39, 0.29) is 18.8 Å². The van der Waals surface area contributed by atoms with Crippen LogP contribution in [0.25, 0.3) is 0 Å². The third kappa shape index (κ3) is 5.63. The number of aromatic nitrogens is 1. The van der Waals surface area contributed by atoms with E-state index in [9.17, 15) is 22.8 Å². The van der Waals surface area contributed by atoms with Gasteiger partial charge < -0.3 is 4.90 Å². The summed E-state index contributed by atoms with van der Waals surface area (Å²) in [4.78, 5) is 29.8. The molecule has 10 heteroatoms. The fourth-order valence-corrected chi connectivity index (χ4v) is 3.44. The second-order valence-corrected chi connectivity index (χ2v) is 7.43. The molecule has 2 N–H and O–H groups in total. The van der Waals surface area contributed by atoms with E-state index in [0.29, 0.717) is 24.4 Å². The minimum absolute atomic E-state index is 0.0527. The quantitative estimate of drug-likeness (QED) is 0.715. The molecule has 6 nitrogen and oxygen atoms in total. The van der Waals surface area contributed by atoms with Crippen molar-refractivity contribution in [2.24, 2.45) is 5.92 Å². The topological polar surface area (TPSA) is 74.3 Å². The number of nitrogens with one attached hydrogen (secondary N) is 2. The monoisotopic (exact) mass is 440 g/mol. The Morgan fingerprint density at radius 1 is 1.17 bits per heavy atom. The highest BCUT2D eigenvalue weighted by molar-refractivity contribution is 6.30. The summed E-state index contributed by atoms with van der Waals surface area (Å²) in [5.74, 6) is -1.62. The van der Waals surface area contributed by atoms with Crippen LogP contribution < -0.4 is 15.8 Å². The lowest BCUT2D eigenvalue weighted by atomic mass is 9.97. The molecule has 1 aliphatic rings. The number of hydrazine groups is 1. The molecule has 1 atom stereocenters. The average Bonchev–Trinajstić information content (AvgIpc) is 2.73. The molecule has 1 aliphatic heterocycles. The van der Waals surface area contributed by atoms with E-state index in [0.717, 1.165) is 11.6 Å². The van der Waals surface area contributed by atoms with Crippen LogP contribution >= 0.6 is 11.6 Å². The molecular weight excluding hydrogens is 421 g/mol. The van der Waals surface area contributed by atoms with Crippen LogP contribution in [0.5, 0.6) is 0 Å². The highest BCUT2D eigenvalue weighted by Gasteiger charge is 2.37. The molecule has 0 spiro atoms. The van der Waals surface area contributed by atoms with Gasteiger partial charge in [0.1, 0.15) is 5.82 Å².